The van der Waals surface area contributed by atoms with E-state index in [1.807, 2.05) is 6.08 Å². The van der Waals surface area contributed by atoms with Crippen molar-refractivity contribution in [1.29, 1.82) is 0 Å². The number of hydrogen-bond donors (Lipinski definition) is 0. The first-order valence-corrected chi connectivity index (χ1v) is 10.4. The first-order chi connectivity index (χ1) is 14.9. The van der Waals surface area contributed by atoms with Crippen LogP contribution in [0.4, 0.5) is 22.0 Å². The lowest BCUT2D eigenvalue weighted by atomic mass is 10.0. The van der Waals surface area contributed by atoms with Crippen LogP contribution >= 0.6 is 0 Å². The van der Waals surface area contributed by atoms with Crippen LogP contribution in [0, 0.1) is 23.3 Å². The van der Waals surface area contributed by atoms with Crippen LogP contribution in [0.15, 0.2) is 55.4 Å². The molecule has 5 heteroatoms. The van der Waals surface area contributed by atoms with Gasteiger partial charge >= 0.3 is 0 Å². The molecule has 0 N–H and O–H groups in total. The number of hydrogen-bond acceptors (Lipinski definition) is 0. The molecule has 2 rings (SSSR count). The van der Waals surface area contributed by atoms with Gasteiger partial charge in [-0.3, -0.25) is 0 Å². The Morgan fingerprint density at radius 1 is 0.806 bits per heavy atom. The maximum absolute atomic E-state index is 12.9. The third kappa shape index (κ3) is 9.77. The molecule has 0 aliphatic carbocycles. The zero-order valence-corrected chi connectivity index (χ0v) is 17.8. The van der Waals surface area contributed by atoms with E-state index < -0.39 is 28.8 Å². The average Bonchev–Trinajstić information content (AvgIpc) is 2.79. The smallest absolute Gasteiger partial charge is 0.198 e. The van der Waals surface area contributed by atoms with Gasteiger partial charge in [0.25, 0.3) is 0 Å². The average molecular weight is 437 g/mol. The van der Waals surface area contributed by atoms with E-state index in [4.69, 9.17) is 0 Å². The number of aryl methyl sites for hydroxylation is 1. The summed E-state index contributed by atoms with van der Waals surface area (Å²) in [4.78, 5) is 0. The largest absolute Gasteiger partial charge is 0.216 e. The van der Waals surface area contributed by atoms with E-state index in [0.717, 1.165) is 18.2 Å². The van der Waals surface area contributed by atoms with Crippen LogP contribution in [0.25, 0.3) is 12.2 Å². The van der Waals surface area contributed by atoms with Crippen molar-refractivity contribution in [3.63, 3.8) is 0 Å². The molecule has 0 atom stereocenters. The second kappa shape index (κ2) is 15.2. The van der Waals surface area contributed by atoms with Gasteiger partial charge in [-0.25, -0.2) is 22.0 Å². The van der Waals surface area contributed by atoms with Gasteiger partial charge in [0.2, 0.25) is 0 Å². The predicted octanol–water partition coefficient (Wildman–Crippen LogP) is 8.97. The zero-order chi connectivity index (χ0) is 23.1. The van der Waals surface area contributed by atoms with Gasteiger partial charge in [0.05, 0.1) is 6.33 Å². The summed E-state index contributed by atoms with van der Waals surface area (Å²) in [7, 11) is 0. The monoisotopic (exact) mass is 436 g/mol. The van der Waals surface area contributed by atoms with E-state index in [1.54, 1.807) is 0 Å². The van der Waals surface area contributed by atoms with Gasteiger partial charge in [-0.05, 0) is 36.1 Å². The molecule has 2 aromatic carbocycles. The fourth-order valence-corrected chi connectivity index (χ4v) is 2.84. The molecule has 2 aromatic rings. The SMILES string of the molecule is C=Cc1ccc(CCCCCCCC)cc1.FC=CC=Cc1cc(F)c(F)c(F)c1F. The lowest BCUT2D eigenvalue weighted by molar-refractivity contribution is 0.408. The van der Waals surface area contributed by atoms with Crippen LogP contribution in [0.2, 0.25) is 0 Å². The van der Waals surface area contributed by atoms with Gasteiger partial charge in [0, 0.05) is 5.56 Å². The van der Waals surface area contributed by atoms with Crippen molar-refractivity contribution in [3.05, 3.63) is 95.4 Å². The molecule has 0 saturated heterocycles. The summed E-state index contributed by atoms with van der Waals surface area (Å²) in [5, 5.41) is 0. The van der Waals surface area contributed by atoms with Crippen LogP contribution in [0.1, 0.15) is 62.1 Å². The lowest BCUT2D eigenvalue weighted by Crippen LogP contribution is -1.97. The molecule has 0 saturated carbocycles. The summed E-state index contributed by atoms with van der Waals surface area (Å²) in [5.41, 5.74) is 2.18. The maximum Gasteiger partial charge on any atom is 0.198 e. The molecule has 0 unspecified atom stereocenters. The molecule has 0 radical (unpaired) electrons. The molecule has 0 nitrogen and oxygen atoms in total. The molecule has 0 heterocycles. The fourth-order valence-electron chi connectivity index (χ4n) is 2.84. The molecule has 31 heavy (non-hydrogen) atoms. The van der Waals surface area contributed by atoms with E-state index in [0.29, 0.717) is 6.07 Å². The fraction of sp³-hybridized carbons (Fsp3) is 0.308. The summed E-state index contributed by atoms with van der Waals surface area (Å²) in [6.45, 7) is 6.03. The number of rotatable bonds is 10. The maximum atomic E-state index is 12.9. The molecule has 0 fully saturated rings. The molecule has 0 bridgehead atoms. The Hall–Kier alpha value is -2.69. The standard InChI is InChI=1S/C16H24.C10H5F5/c1-3-5-6-7-8-9-10-16-13-11-15(4-2)12-14-16;11-4-2-1-3-6-5-7(12)9(14)10(15)8(6)13/h4,11-14H,2-3,5-10H2,1H3;1-5H. The van der Waals surface area contributed by atoms with Crippen LogP contribution in [0.5, 0.6) is 0 Å². The van der Waals surface area contributed by atoms with E-state index in [9.17, 15) is 22.0 Å². The number of unbranched alkanes of at least 4 members (excludes halogenated alkanes) is 5. The minimum absolute atomic E-state index is 0.157. The molecular weight excluding hydrogens is 407 g/mol. The minimum atomic E-state index is -1.89. The predicted molar refractivity (Wildman–Crippen MR) is 119 cm³/mol. The summed E-state index contributed by atoms with van der Waals surface area (Å²) in [6.07, 6.45) is 14.4. The Labute approximate surface area is 181 Å². The Balaban J connectivity index is 0.000000311. The van der Waals surface area contributed by atoms with Crippen LogP contribution < -0.4 is 0 Å². The molecule has 0 spiro atoms. The van der Waals surface area contributed by atoms with Gasteiger partial charge in [-0.15, -0.1) is 0 Å². The molecular formula is C26H29F5. The lowest BCUT2D eigenvalue weighted by Gasteiger charge is -2.02. The van der Waals surface area contributed by atoms with Crippen molar-refractivity contribution in [2.24, 2.45) is 0 Å². The van der Waals surface area contributed by atoms with Gasteiger partial charge in [-0.1, -0.05) is 88.1 Å². The minimum Gasteiger partial charge on any atom is -0.216 e. The normalized spacial score (nSPS) is 11.0. The van der Waals surface area contributed by atoms with Crippen molar-refractivity contribution < 1.29 is 22.0 Å². The third-order valence-corrected chi connectivity index (χ3v) is 4.62. The van der Waals surface area contributed by atoms with Crippen molar-refractivity contribution >= 4 is 12.2 Å². The first kappa shape index (κ1) is 26.3. The van der Waals surface area contributed by atoms with Crippen LogP contribution in [-0.2, 0) is 6.42 Å². The second-order valence-electron chi connectivity index (χ2n) is 7.03. The van der Waals surface area contributed by atoms with Crippen LogP contribution in [0.3, 0.4) is 0 Å². The van der Waals surface area contributed by atoms with E-state index in [1.165, 1.54) is 56.1 Å². The van der Waals surface area contributed by atoms with Crippen molar-refractivity contribution in [2.45, 2.75) is 51.9 Å². The Bertz CT molecular complexity index is 851. The first-order valence-electron chi connectivity index (χ1n) is 10.4. The van der Waals surface area contributed by atoms with E-state index >= 15 is 0 Å². The molecule has 0 aliphatic rings. The van der Waals surface area contributed by atoms with Gasteiger partial charge < -0.3 is 0 Å². The highest BCUT2D eigenvalue weighted by molar-refractivity contribution is 5.52. The third-order valence-electron chi connectivity index (χ3n) is 4.62. The Kier molecular flexibility index (Phi) is 12.9. The molecule has 0 amide bonds. The Morgan fingerprint density at radius 2 is 1.45 bits per heavy atom. The van der Waals surface area contributed by atoms with Gasteiger partial charge in [0.15, 0.2) is 23.3 Å². The van der Waals surface area contributed by atoms with Gasteiger partial charge in [0.1, 0.15) is 0 Å². The quantitative estimate of drug-likeness (QED) is 0.115. The van der Waals surface area contributed by atoms with Gasteiger partial charge in [-0.2, -0.15) is 0 Å². The molecule has 0 aromatic heterocycles. The Morgan fingerprint density at radius 3 is 2.06 bits per heavy atom. The van der Waals surface area contributed by atoms with Crippen molar-refractivity contribution in [2.75, 3.05) is 0 Å². The van der Waals surface area contributed by atoms with Crippen molar-refractivity contribution in [1.82, 2.24) is 0 Å². The van der Waals surface area contributed by atoms with E-state index in [2.05, 4.69) is 37.8 Å². The summed E-state index contributed by atoms with van der Waals surface area (Å²) in [5.74, 6) is -6.78. The second-order valence-corrected chi connectivity index (χ2v) is 7.03. The van der Waals surface area contributed by atoms with E-state index in [-0.39, 0.29) is 6.33 Å². The molecule has 0 aliphatic heterocycles. The number of allylic oxidation sites excluding steroid dienone is 2. The summed E-state index contributed by atoms with van der Waals surface area (Å²) >= 11 is 0. The zero-order valence-electron chi connectivity index (χ0n) is 17.8. The summed E-state index contributed by atoms with van der Waals surface area (Å²) < 4.78 is 62.1. The van der Waals surface area contributed by atoms with Crippen LogP contribution in [-0.4, -0.2) is 0 Å². The highest BCUT2D eigenvalue weighted by Gasteiger charge is 2.16. The number of halogens is 5. The highest BCUT2D eigenvalue weighted by Crippen LogP contribution is 2.19. The van der Waals surface area contributed by atoms with Crippen molar-refractivity contribution in [3.8, 4) is 0 Å². The molecule has 168 valence electrons. The number of benzene rings is 2. The topological polar surface area (TPSA) is 0 Å². The summed E-state index contributed by atoms with van der Waals surface area (Å²) in [6, 6.07) is 9.24. The highest BCUT2D eigenvalue weighted by atomic mass is 19.2.